The molecule has 0 radical (unpaired) electrons. The third kappa shape index (κ3) is 5.73. The van der Waals surface area contributed by atoms with Crippen molar-refractivity contribution in [1.82, 2.24) is 4.98 Å². The van der Waals surface area contributed by atoms with Crippen molar-refractivity contribution >= 4 is 10.9 Å². The Balaban J connectivity index is 1.69. The Labute approximate surface area is 148 Å². The lowest BCUT2D eigenvalue weighted by atomic mass is 10.0. The largest absolute Gasteiger partial charge is 0.377 e. The molecule has 1 unspecified atom stereocenters. The number of benzene rings is 1. The summed E-state index contributed by atoms with van der Waals surface area (Å²) in [6.07, 6.45) is 1.64. The molecule has 0 saturated carbocycles. The zero-order valence-electron chi connectivity index (χ0n) is 14.4. The van der Waals surface area contributed by atoms with Crippen LogP contribution in [0.5, 0.6) is 0 Å². The highest BCUT2D eigenvalue weighted by Crippen LogP contribution is 2.25. The molecule has 1 aromatic heterocycles. The van der Waals surface area contributed by atoms with Gasteiger partial charge in [0.05, 0.1) is 65.0 Å². The van der Waals surface area contributed by atoms with Gasteiger partial charge < -0.3 is 23.7 Å². The lowest BCUT2D eigenvalue weighted by Crippen LogP contribution is -2.17. The quantitative estimate of drug-likeness (QED) is 0.789. The average molecular weight is 347 g/mol. The van der Waals surface area contributed by atoms with Crippen LogP contribution in [0.3, 0.4) is 0 Å². The molecule has 1 saturated heterocycles. The van der Waals surface area contributed by atoms with Crippen molar-refractivity contribution in [3.63, 3.8) is 0 Å². The van der Waals surface area contributed by atoms with Crippen molar-refractivity contribution < 1.29 is 23.7 Å². The molecule has 1 atom stereocenters. The van der Waals surface area contributed by atoms with Crippen molar-refractivity contribution in [1.29, 1.82) is 0 Å². The summed E-state index contributed by atoms with van der Waals surface area (Å²) in [7, 11) is 0. The van der Waals surface area contributed by atoms with Gasteiger partial charge in [-0.05, 0) is 17.7 Å². The number of aromatic nitrogens is 1. The third-order valence-electron chi connectivity index (χ3n) is 3.96. The second-order valence-electron chi connectivity index (χ2n) is 5.69. The Bertz CT molecular complexity index is 615. The molecule has 0 N–H and O–H groups in total. The minimum atomic E-state index is -0.169. The average Bonchev–Trinajstić information content (AvgIpc) is 2.66. The van der Waals surface area contributed by atoms with Crippen LogP contribution in [0.1, 0.15) is 11.7 Å². The van der Waals surface area contributed by atoms with Crippen LogP contribution in [0.4, 0.5) is 0 Å². The monoisotopic (exact) mass is 347 g/mol. The van der Waals surface area contributed by atoms with Gasteiger partial charge >= 0.3 is 0 Å². The highest BCUT2D eigenvalue weighted by molar-refractivity contribution is 5.82. The predicted molar refractivity (Wildman–Crippen MR) is 93.7 cm³/mol. The molecule has 0 bridgehead atoms. The Morgan fingerprint density at radius 3 is 2.12 bits per heavy atom. The smallest absolute Gasteiger partial charge is 0.107 e. The van der Waals surface area contributed by atoms with Gasteiger partial charge in [0.2, 0.25) is 0 Å². The second-order valence-corrected chi connectivity index (χ2v) is 5.69. The summed E-state index contributed by atoms with van der Waals surface area (Å²) in [5, 5.41) is 1.09. The van der Waals surface area contributed by atoms with Crippen molar-refractivity contribution in [3.05, 3.63) is 42.1 Å². The van der Waals surface area contributed by atoms with Crippen LogP contribution < -0.4 is 0 Å². The topological polar surface area (TPSA) is 59.0 Å². The molecule has 2 aromatic rings. The van der Waals surface area contributed by atoms with E-state index in [1.165, 1.54) is 0 Å². The summed E-state index contributed by atoms with van der Waals surface area (Å²) < 4.78 is 28.3. The van der Waals surface area contributed by atoms with E-state index in [1.807, 2.05) is 30.5 Å². The number of pyridine rings is 1. The zero-order chi connectivity index (χ0) is 17.2. The van der Waals surface area contributed by atoms with E-state index in [9.17, 15) is 0 Å². The summed E-state index contributed by atoms with van der Waals surface area (Å²) in [6, 6.07) is 10.1. The summed E-state index contributed by atoms with van der Waals surface area (Å²) in [4.78, 5) is 4.42. The molecule has 0 aliphatic carbocycles. The van der Waals surface area contributed by atoms with Crippen LogP contribution in [0.15, 0.2) is 36.5 Å². The Hall–Kier alpha value is -1.57. The molecule has 0 spiro atoms. The van der Waals surface area contributed by atoms with Crippen LogP contribution in [-0.2, 0) is 23.7 Å². The van der Waals surface area contributed by atoms with E-state index < -0.39 is 0 Å². The number of para-hydroxylation sites is 1. The van der Waals surface area contributed by atoms with Gasteiger partial charge in [0, 0.05) is 11.6 Å². The zero-order valence-corrected chi connectivity index (χ0v) is 14.4. The number of rotatable bonds is 1. The van der Waals surface area contributed by atoms with Crippen molar-refractivity contribution in [3.8, 4) is 0 Å². The van der Waals surface area contributed by atoms with Crippen LogP contribution in [0.25, 0.3) is 10.9 Å². The molecule has 0 amide bonds. The number of hydrogen-bond acceptors (Lipinski definition) is 6. The van der Waals surface area contributed by atoms with E-state index >= 15 is 0 Å². The van der Waals surface area contributed by atoms with E-state index in [-0.39, 0.29) is 6.10 Å². The third-order valence-corrected chi connectivity index (χ3v) is 3.96. The molecule has 6 heteroatoms. The first-order valence-electron chi connectivity index (χ1n) is 8.71. The number of nitrogens with zero attached hydrogens (tertiary/aromatic N) is 1. The van der Waals surface area contributed by atoms with Gasteiger partial charge in [-0.2, -0.15) is 0 Å². The van der Waals surface area contributed by atoms with E-state index in [1.54, 1.807) is 0 Å². The maximum absolute atomic E-state index is 6.05. The van der Waals surface area contributed by atoms with Crippen LogP contribution in [0.2, 0.25) is 0 Å². The van der Waals surface area contributed by atoms with Crippen LogP contribution >= 0.6 is 0 Å². The molecular weight excluding hydrogens is 322 g/mol. The van der Waals surface area contributed by atoms with Gasteiger partial charge in [0.1, 0.15) is 6.10 Å². The standard InChI is InChI=1S/C19H25NO5/c1-2-4-18-16(3-1)17(5-6-20-18)19-15-24-12-11-22-8-7-21-9-10-23-13-14-25-19/h1-6,19H,7-15H2. The Morgan fingerprint density at radius 1 is 0.720 bits per heavy atom. The highest BCUT2D eigenvalue weighted by Gasteiger charge is 2.16. The molecule has 1 aromatic carbocycles. The molecule has 1 fully saturated rings. The summed E-state index contributed by atoms with van der Waals surface area (Å²) in [5.74, 6) is 0. The first kappa shape index (κ1) is 18.2. The van der Waals surface area contributed by atoms with Crippen molar-refractivity contribution in [2.75, 3.05) is 59.5 Å². The second kappa shape index (κ2) is 10.4. The fourth-order valence-electron chi connectivity index (χ4n) is 2.73. The van der Waals surface area contributed by atoms with E-state index in [0.29, 0.717) is 59.5 Å². The molecule has 1 aliphatic rings. The Kier molecular flexibility index (Phi) is 7.60. The first-order chi connectivity index (χ1) is 12.4. The van der Waals surface area contributed by atoms with Gasteiger partial charge in [-0.1, -0.05) is 18.2 Å². The van der Waals surface area contributed by atoms with Crippen molar-refractivity contribution in [2.24, 2.45) is 0 Å². The predicted octanol–water partition coefficient (Wildman–Crippen LogP) is 2.37. The van der Waals surface area contributed by atoms with Gasteiger partial charge in [-0.3, -0.25) is 4.98 Å². The van der Waals surface area contributed by atoms with Crippen molar-refractivity contribution in [2.45, 2.75) is 6.10 Å². The Morgan fingerprint density at radius 2 is 1.36 bits per heavy atom. The maximum atomic E-state index is 6.05. The lowest BCUT2D eigenvalue weighted by molar-refractivity contribution is -0.0466. The van der Waals surface area contributed by atoms with Gasteiger partial charge in [0.15, 0.2) is 0 Å². The van der Waals surface area contributed by atoms with Crippen LogP contribution in [-0.4, -0.2) is 64.4 Å². The lowest BCUT2D eigenvalue weighted by Gasteiger charge is -2.20. The van der Waals surface area contributed by atoms with Gasteiger partial charge in [-0.25, -0.2) is 0 Å². The number of fused-ring (bicyclic) bond motifs is 1. The molecule has 136 valence electrons. The first-order valence-corrected chi connectivity index (χ1v) is 8.71. The minimum Gasteiger partial charge on any atom is -0.377 e. The van der Waals surface area contributed by atoms with Gasteiger partial charge in [0.25, 0.3) is 0 Å². The molecule has 1 aliphatic heterocycles. The number of ether oxygens (including phenoxy) is 5. The molecule has 3 rings (SSSR count). The summed E-state index contributed by atoms with van der Waals surface area (Å²) >= 11 is 0. The normalized spacial score (nSPS) is 22.2. The van der Waals surface area contributed by atoms with E-state index in [2.05, 4.69) is 11.1 Å². The van der Waals surface area contributed by atoms with E-state index in [4.69, 9.17) is 23.7 Å². The summed E-state index contributed by atoms with van der Waals surface area (Å²) in [6.45, 7) is 4.84. The van der Waals surface area contributed by atoms with Gasteiger partial charge in [-0.15, -0.1) is 0 Å². The number of hydrogen-bond donors (Lipinski definition) is 0. The fourth-order valence-corrected chi connectivity index (χ4v) is 2.73. The van der Waals surface area contributed by atoms with Crippen LogP contribution in [0, 0.1) is 0 Å². The maximum Gasteiger partial charge on any atom is 0.107 e. The summed E-state index contributed by atoms with van der Waals surface area (Å²) in [5.41, 5.74) is 2.04. The highest BCUT2D eigenvalue weighted by atomic mass is 16.6. The molecule has 25 heavy (non-hydrogen) atoms. The molecule has 6 nitrogen and oxygen atoms in total. The SMILES string of the molecule is c1ccc2c(C3COCCOCCOCCOCCO3)ccnc2c1. The minimum absolute atomic E-state index is 0.169. The fraction of sp³-hybridized carbons (Fsp3) is 0.526. The molecule has 2 heterocycles. The van der Waals surface area contributed by atoms with E-state index in [0.717, 1.165) is 16.5 Å². The molecular formula is C19H25NO5.